The third-order valence-corrected chi connectivity index (χ3v) is 2.34. The number of hydrogen-bond donors (Lipinski definition) is 0. The van der Waals surface area contributed by atoms with Crippen molar-refractivity contribution in [2.75, 3.05) is 6.61 Å². The first-order valence-electron chi connectivity index (χ1n) is 5.39. The average molecular weight is 206 g/mol. The molecular weight excluding hydrogens is 188 g/mol. The smallest absolute Gasteiger partial charge is 0.160 e. The Balaban J connectivity index is 2.69. The molecule has 0 saturated heterocycles. The summed E-state index contributed by atoms with van der Waals surface area (Å²) < 4.78 is 5.55. The van der Waals surface area contributed by atoms with Crippen LogP contribution < -0.4 is 4.74 Å². The fourth-order valence-electron chi connectivity index (χ4n) is 1.46. The number of hydrogen-bond acceptors (Lipinski definition) is 2. The lowest BCUT2D eigenvalue weighted by Gasteiger charge is -2.08. The Morgan fingerprint density at radius 2 is 2.13 bits per heavy atom. The molecule has 0 radical (unpaired) electrons. The van der Waals surface area contributed by atoms with Gasteiger partial charge in [-0.25, -0.2) is 0 Å². The molecule has 0 unspecified atom stereocenters. The Kier molecular flexibility index (Phi) is 4.35. The van der Waals surface area contributed by atoms with Crippen molar-refractivity contribution in [1.82, 2.24) is 0 Å². The number of unbranched alkanes of at least 4 members (excludes halogenated alkanes) is 1. The Morgan fingerprint density at radius 1 is 1.40 bits per heavy atom. The monoisotopic (exact) mass is 206 g/mol. The van der Waals surface area contributed by atoms with Crippen LogP contribution in [0.2, 0.25) is 0 Å². The molecule has 1 aromatic rings. The van der Waals surface area contributed by atoms with Crippen molar-refractivity contribution in [2.45, 2.75) is 33.6 Å². The fraction of sp³-hybridized carbons (Fsp3) is 0.462. The van der Waals surface area contributed by atoms with Crippen LogP contribution in [0.3, 0.4) is 0 Å². The van der Waals surface area contributed by atoms with Crippen LogP contribution in [0, 0.1) is 6.92 Å². The fourth-order valence-corrected chi connectivity index (χ4v) is 1.46. The van der Waals surface area contributed by atoms with E-state index in [1.165, 1.54) is 0 Å². The van der Waals surface area contributed by atoms with E-state index in [0.29, 0.717) is 0 Å². The van der Waals surface area contributed by atoms with Gasteiger partial charge in [-0.05, 0) is 44.0 Å². The van der Waals surface area contributed by atoms with Crippen molar-refractivity contribution < 1.29 is 9.53 Å². The van der Waals surface area contributed by atoms with Crippen LogP contribution in [0.25, 0.3) is 0 Å². The van der Waals surface area contributed by atoms with Gasteiger partial charge in [0.25, 0.3) is 0 Å². The van der Waals surface area contributed by atoms with E-state index in [2.05, 4.69) is 6.92 Å². The second kappa shape index (κ2) is 5.54. The summed E-state index contributed by atoms with van der Waals surface area (Å²) in [6.45, 7) is 6.40. The van der Waals surface area contributed by atoms with E-state index < -0.39 is 0 Å². The molecular formula is C13H18O2. The molecule has 1 rings (SSSR count). The molecule has 0 spiro atoms. The maximum absolute atomic E-state index is 11.2. The van der Waals surface area contributed by atoms with Gasteiger partial charge in [-0.2, -0.15) is 0 Å². The predicted octanol–water partition coefficient (Wildman–Crippen LogP) is 3.38. The van der Waals surface area contributed by atoms with E-state index in [0.717, 1.165) is 36.3 Å². The summed E-state index contributed by atoms with van der Waals surface area (Å²) >= 11 is 0. The van der Waals surface area contributed by atoms with Gasteiger partial charge < -0.3 is 4.74 Å². The number of rotatable bonds is 5. The van der Waals surface area contributed by atoms with Crippen molar-refractivity contribution in [3.8, 4) is 5.75 Å². The van der Waals surface area contributed by atoms with E-state index in [9.17, 15) is 4.79 Å². The molecule has 0 amide bonds. The van der Waals surface area contributed by atoms with Crippen LogP contribution in [-0.2, 0) is 0 Å². The standard InChI is InChI=1S/C13H18O2/c1-4-5-8-15-12-6-7-13(11(3)14)10(2)9-12/h6-7,9H,4-5,8H2,1-3H3. The van der Waals surface area contributed by atoms with Crippen LogP contribution >= 0.6 is 0 Å². The van der Waals surface area contributed by atoms with Crippen molar-refractivity contribution >= 4 is 5.78 Å². The zero-order valence-corrected chi connectivity index (χ0v) is 9.67. The highest BCUT2D eigenvalue weighted by molar-refractivity contribution is 5.95. The molecule has 1 aromatic carbocycles. The SMILES string of the molecule is CCCCOc1ccc(C(C)=O)c(C)c1. The van der Waals surface area contributed by atoms with Gasteiger partial charge in [0.1, 0.15) is 5.75 Å². The second-order valence-electron chi connectivity index (χ2n) is 3.73. The molecule has 0 aromatic heterocycles. The minimum Gasteiger partial charge on any atom is -0.494 e. The molecule has 0 aliphatic carbocycles. The first kappa shape index (κ1) is 11.8. The van der Waals surface area contributed by atoms with Gasteiger partial charge in [0.2, 0.25) is 0 Å². The maximum atomic E-state index is 11.2. The molecule has 2 heteroatoms. The van der Waals surface area contributed by atoms with Crippen LogP contribution in [-0.4, -0.2) is 12.4 Å². The summed E-state index contributed by atoms with van der Waals surface area (Å²) in [5.41, 5.74) is 1.76. The molecule has 15 heavy (non-hydrogen) atoms. The zero-order valence-electron chi connectivity index (χ0n) is 9.67. The number of benzene rings is 1. The molecule has 0 atom stereocenters. The quantitative estimate of drug-likeness (QED) is 0.545. The summed E-state index contributed by atoms with van der Waals surface area (Å²) in [4.78, 5) is 11.2. The molecule has 0 fully saturated rings. The lowest BCUT2D eigenvalue weighted by atomic mass is 10.1. The van der Waals surface area contributed by atoms with E-state index in [4.69, 9.17) is 4.74 Å². The van der Waals surface area contributed by atoms with Crippen molar-refractivity contribution in [3.63, 3.8) is 0 Å². The normalized spacial score (nSPS) is 10.1. The van der Waals surface area contributed by atoms with E-state index >= 15 is 0 Å². The van der Waals surface area contributed by atoms with Crippen molar-refractivity contribution in [2.24, 2.45) is 0 Å². The summed E-state index contributed by atoms with van der Waals surface area (Å²) in [7, 11) is 0. The summed E-state index contributed by atoms with van der Waals surface area (Å²) in [5, 5.41) is 0. The van der Waals surface area contributed by atoms with Gasteiger partial charge in [0.15, 0.2) is 5.78 Å². The highest BCUT2D eigenvalue weighted by Crippen LogP contribution is 2.17. The molecule has 0 aliphatic heterocycles. The van der Waals surface area contributed by atoms with E-state index in [-0.39, 0.29) is 5.78 Å². The van der Waals surface area contributed by atoms with Gasteiger partial charge >= 0.3 is 0 Å². The number of ether oxygens (including phenoxy) is 1. The van der Waals surface area contributed by atoms with Crippen molar-refractivity contribution in [3.05, 3.63) is 29.3 Å². The number of carbonyl (C=O) groups is 1. The van der Waals surface area contributed by atoms with Gasteiger partial charge in [0, 0.05) is 5.56 Å². The van der Waals surface area contributed by atoms with Crippen molar-refractivity contribution in [1.29, 1.82) is 0 Å². The Morgan fingerprint density at radius 3 is 2.67 bits per heavy atom. The number of carbonyl (C=O) groups excluding carboxylic acids is 1. The molecule has 0 aliphatic rings. The lowest BCUT2D eigenvalue weighted by molar-refractivity contribution is 0.101. The first-order valence-corrected chi connectivity index (χ1v) is 5.39. The Labute approximate surface area is 91.3 Å². The second-order valence-corrected chi connectivity index (χ2v) is 3.73. The van der Waals surface area contributed by atoms with Crippen LogP contribution in [0.15, 0.2) is 18.2 Å². The minimum atomic E-state index is 0.104. The molecule has 82 valence electrons. The molecule has 2 nitrogen and oxygen atoms in total. The van der Waals surface area contributed by atoms with E-state index in [1.54, 1.807) is 6.92 Å². The highest BCUT2D eigenvalue weighted by Gasteiger charge is 2.04. The minimum absolute atomic E-state index is 0.104. The van der Waals surface area contributed by atoms with Gasteiger partial charge in [-0.1, -0.05) is 13.3 Å². The van der Waals surface area contributed by atoms with Gasteiger partial charge in [0.05, 0.1) is 6.61 Å². The molecule has 0 bridgehead atoms. The number of ketones is 1. The average Bonchev–Trinajstić information content (AvgIpc) is 2.17. The summed E-state index contributed by atoms with van der Waals surface area (Å²) in [6, 6.07) is 5.62. The molecule has 0 saturated carbocycles. The Bertz CT molecular complexity index is 342. The van der Waals surface area contributed by atoms with Gasteiger partial charge in [-0.15, -0.1) is 0 Å². The number of Topliss-reactive ketones (excluding diaryl/α,β-unsaturated/α-hetero) is 1. The van der Waals surface area contributed by atoms with Crippen LogP contribution in [0.1, 0.15) is 42.6 Å². The van der Waals surface area contributed by atoms with E-state index in [1.807, 2.05) is 25.1 Å². The van der Waals surface area contributed by atoms with Gasteiger partial charge in [-0.3, -0.25) is 4.79 Å². The molecule has 0 heterocycles. The van der Waals surface area contributed by atoms with Crippen LogP contribution in [0.4, 0.5) is 0 Å². The summed E-state index contributed by atoms with van der Waals surface area (Å²) in [6.07, 6.45) is 2.19. The van der Waals surface area contributed by atoms with Crippen LogP contribution in [0.5, 0.6) is 5.75 Å². The third kappa shape index (κ3) is 3.39. The largest absolute Gasteiger partial charge is 0.494 e. The maximum Gasteiger partial charge on any atom is 0.160 e. The molecule has 0 N–H and O–H groups in total. The topological polar surface area (TPSA) is 26.3 Å². The Hall–Kier alpha value is -1.31. The summed E-state index contributed by atoms with van der Waals surface area (Å²) in [5.74, 6) is 0.957. The lowest BCUT2D eigenvalue weighted by Crippen LogP contribution is -1.99. The highest BCUT2D eigenvalue weighted by atomic mass is 16.5. The number of aryl methyl sites for hydroxylation is 1. The first-order chi connectivity index (χ1) is 7.15. The third-order valence-electron chi connectivity index (χ3n) is 2.34. The zero-order chi connectivity index (χ0) is 11.3. The predicted molar refractivity (Wildman–Crippen MR) is 61.6 cm³/mol.